The summed E-state index contributed by atoms with van der Waals surface area (Å²) in [6.45, 7) is 1.91. The van der Waals surface area contributed by atoms with E-state index in [-0.39, 0.29) is 11.5 Å². The number of benzene rings is 1. The zero-order chi connectivity index (χ0) is 17.7. The second-order valence-corrected chi connectivity index (χ2v) is 5.01. The van der Waals surface area contributed by atoms with Gasteiger partial charge in [0.25, 0.3) is 0 Å². The molecule has 124 valence electrons. The molecule has 0 bridgehead atoms. The van der Waals surface area contributed by atoms with E-state index in [4.69, 9.17) is 5.26 Å². The second-order valence-electron chi connectivity index (χ2n) is 5.01. The molecule has 1 unspecified atom stereocenters. The smallest absolute Gasteiger partial charge is 0.245 e. The standard InChI is InChI=1S/C16H16FN5O2/c1-3-6-13-20-15(14(23)10(9-18)16(24)19-2)21-22(13)12-8-5-4-7-11(12)17/h4-5,7-8,10H,3,6H2,1-2H3,(H,19,24). The van der Waals surface area contributed by atoms with Gasteiger partial charge < -0.3 is 5.32 Å². The number of hydrogen-bond acceptors (Lipinski definition) is 5. The summed E-state index contributed by atoms with van der Waals surface area (Å²) in [5.41, 5.74) is 0.154. The molecule has 0 radical (unpaired) electrons. The summed E-state index contributed by atoms with van der Waals surface area (Å²) >= 11 is 0. The number of carbonyl (C=O) groups excluding carboxylic acids is 2. The Hall–Kier alpha value is -3.08. The van der Waals surface area contributed by atoms with Crippen LogP contribution in [0.4, 0.5) is 4.39 Å². The highest BCUT2D eigenvalue weighted by Crippen LogP contribution is 2.16. The van der Waals surface area contributed by atoms with Gasteiger partial charge in [-0.15, -0.1) is 5.10 Å². The number of rotatable bonds is 6. The lowest BCUT2D eigenvalue weighted by Gasteiger charge is -2.05. The van der Waals surface area contributed by atoms with Gasteiger partial charge in [0.15, 0.2) is 5.92 Å². The van der Waals surface area contributed by atoms with Crippen molar-refractivity contribution >= 4 is 11.7 Å². The van der Waals surface area contributed by atoms with E-state index in [0.717, 1.165) is 0 Å². The Balaban J connectivity index is 2.49. The summed E-state index contributed by atoms with van der Waals surface area (Å²) in [5.74, 6) is -3.50. The van der Waals surface area contributed by atoms with Gasteiger partial charge in [0.05, 0.1) is 6.07 Å². The summed E-state index contributed by atoms with van der Waals surface area (Å²) in [4.78, 5) is 28.1. The van der Waals surface area contributed by atoms with Gasteiger partial charge >= 0.3 is 0 Å². The maximum Gasteiger partial charge on any atom is 0.245 e. The number of nitrogens with one attached hydrogen (secondary N) is 1. The minimum atomic E-state index is -1.54. The average Bonchev–Trinajstić information content (AvgIpc) is 2.99. The number of halogens is 1. The molecule has 0 fully saturated rings. The van der Waals surface area contributed by atoms with Crippen molar-refractivity contribution in [3.8, 4) is 11.8 Å². The highest BCUT2D eigenvalue weighted by Gasteiger charge is 2.30. The Morgan fingerprint density at radius 2 is 2.12 bits per heavy atom. The molecule has 2 aromatic rings. The van der Waals surface area contributed by atoms with Crippen LogP contribution in [-0.4, -0.2) is 33.5 Å². The average molecular weight is 329 g/mol. The first kappa shape index (κ1) is 17.3. The van der Waals surface area contributed by atoms with E-state index in [1.165, 1.54) is 23.9 Å². The Morgan fingerprint density at radius 1 is 1.42 bits per heavy atom. The van der Waals surface area contributed by atoms with Crippen LogP contribution in [0.15, 0.2) is 24.3 Å². The molecule has 0 aliphatic rings. The number of ketones is 1. The van der Waals surface area contributed by atoms with E-state index in [9.17, 15) is 14.0 Å². The third kappa shape index (κ3) is 3.30. The first-order valence-electron chi connectivity index (χ1n) is 7.39. The fourth-order valence-corrected chi connectivity index (χ4v) is 2.16. The number of aromatic nitrogens is 3. The van der Waals surface area contributed by atoms with Crippen LogP contribution >= 0.6 is 0 Å². The van der Waals surface area contributed by atoms with E-state index < -0.39 is 23.4 Å². The van der Waals surface area contributed by atoms with Crippen molar-refractivity contribution in [3.63, 3.8) is 0 Å². The van der Waals surface area contributed by atoms with E-state index in [1.807, 2.05) is 6.92 Å². The van der Waals surface area contributed by atoms with Crippen molar-refractivity contribution in [3.05, 3.63) is 41.7 Å². The zero-order valence-electron chi connectivity index (χ0n) is 13.3. The van der Waals surface area contributed by atoms with E-state index >= 15 is 0 Å². The van der Waals surface area contributed by atoms with Crippen LogP contribution < -0.4 is 5.32 Å². The van der Waals surface area contributed by atoms with Gasteiger partial charge in [-0.05, 0) is 18.6 Å². The van der Waals surface area contributed by atoms with Crippen LogP contribution in [0.25, 0.3) is 5.69 Å². The van der Waals surface area contributed by atoms with Gasteiger partial charge in [-0.25, -0.2) is 14.1 Å². The molecule has 0 aliphatic carbocycles. The Bertz CT molecular complexity index is 809. The summed E-state index contributed by atoms with van der Waals surface area (Å²) < 4.78 is 15.3. The zero-order valence-corrected chi connectivity index (χ0v) is 13.3. The van der Waals surface area contributed by atoms with Gasteiger partial charge in [-0.1, -0.05) is 19.1 Å². The van der Waals surface area contributed by atoms with Gasteiger partial charge in [-0.3, -0.25) is 9.59 Å². The Kier molecular flexibility index (Phi) is 5.37. The number of hydrogen-bond donors (Lipinski definition) is 1. The van der Waals surface area contributed by atoms with Crippen molar-refractivity contribution in [1.82, 2.24) is 20.1 Å². The molecule has 2 rings (SSSR count). The first-order chi connectivity index (χ1) is 11.5. The molecule has 1 amide bonds. The molecule has 1 N–H and O–H groups in total. The highest BCUT2D eigenvalue weighted by atomic mass is 19.1. The maximum absolute atomic E-state index is 14.0. The molecule has 1 aromatic carbocycles. The lowest BCUT2D eigenvalue weighted by atomic mass is 10.1. The molecule has 1 heterocycles. The van der Waals surface area contributed by atoms with Crippen LogP contribution in [0.1, 0.15) is 29.8 Å². The van der Waals surface area contributed by atoms with Crippen LogP contribution in [0.3, 0.4) is 0 Å². The number of para-hydroxylation sites is 1. The summed E-state index contributed by atoms with van der Waals surface area (Å²) in [5, 5.41) is 15.3. The van der Waals surface area contributed by atoms with Gasteiger partial charge in [-0.2, -0.15) is 5.26 Å². The fraction of sp³-hybridized carbons (Fsp3) is 0.312. The third-order valence-corrected chi connectivity index (χ3v) is 3.35. The first-order valence-corrected chi connectivity index (χ1v) is 7.39. The summed E-state index contributed by atoms with van der Waals surface area (Å²) in [6, 6.07) is 7.60. The normalized spacial score (nSPS) is 11.6. The fourth-order valence-electron chi connectivity index (χ4n) is 2.16. The number of carbonyl (C=O) groups is 2. The van der Waals surface area contributed by atoms with Gasteiger partial charge in [0.2, 0.25) is 17.5 Å². The van der Waals surface area contributed by atoms with Crippen LogP contribution in [0, 0.1) is 23.1 Å². The lowest BCUT2D eigenvalue weighted by molar-refractivity contribution is -0.121. The number of aryl methyl sites for hydroxylation is 1. The largest absolute Gasteiger partial charge is 0.358 e. The molecule has 1 aromatic heterocycles. The SMILES string of the molecule is CCCc1nc(C(=O)C(C#N)C(=O)NC)nn1-c1ccccc1F. The van der Waals surface area contributed by atoms with E-state index in [2.05, 4.69) is 15.4 Å². The quantitative estimate of drug-likeness (QED) is 0.638. The van der Waals surface area contributed by atoms with Crippen LogP contribution in [-0.2, 0) is 11.2 Å². The molecule has 0 saturated carbocycles. The molecule has 1 atom stereocenters. The van der Waals surface area contributed by atoms with Gasteiger partial charge in [0.1, 0.15) is 17.3 Å². The minimum absolute atomic E-state index is 0.154. The summed E-state index contributed by atoms with van der Waals surface area (Å²) in [6.07, 6.45) is 1.17. The van der Waals surface area contributed by atoms with Crippen molar-refractivity contribution in [2.24, 2.45) is 5.92 Å². The van der Waals surface area contributed by atoms with E-state index in [0.29, 0.717) is 18.7 Å². The molecular weight excluding hydrogens is 313 g/mol. The van der Waals surface area contributed by atoms with Crippen LogP contribution in [0.5, 0.6) is 0 Å². The van der Waals surface area contributed by atoms with Crippen molar-refractivity contribution in [2.45, 2.75) is 19.8 Å². The molecule has 7 nitrogen and oxygen atoms in total. The topological polar surface area (TPSA) is 101 Å². The number of Topliss-reactive ketones (excluding diaryl/α,β-unsaturated/α-hetero) is 1. The van der Waals surface area contributed by atoms with Crippen molar-refractivity contribution in [2.75, 3.05) is 7.05 Å². The molecule has 0 spiro atoms. The lowest BCUT2D eigenvalue weighted by Crippen LogP contribution is -2.32. The minimum Gasteiger partial charge on any atom is -0.358 e. The van der Waals surface area contributed by atoms with Crippen molar-refractivity contribution in [1.29, 1.82) is 5.26 Å². The second kappa shape index (κ2) is 7.46. The Morgan fingerprint density at radius 3 is 2.71 bits per heavy atom. The molecule has 8 heteroatoms. The predicted molar refractivity (Wildman–Crippen MR) is 82.8 cm³/mol. The maximum atomic E-state index is 14.0. The molecule has 24 heavy (non-hydrogen) atoms. The number of nitriles is 1. The Labute approximate surface area is 138 Å². The molecular formula is C16H16FN5O2. The van der Waals surface area contributed by atoms with Crippen molar-refractivity contribution < 1.29 is 14.0 Å². The summed E-state index contributed by atoms with van der Waals surface area (Å²) in [7, 11) is 1.33. The molecule has 0 saturated heterocycles. The van der Waals surface area contributed by atoms with Crippen LogP contribution in [0.2, 0.25) is 0 Å². The third-order valence-electron chi connectivity index (χ3n) is 3.35. The predicted octanol–water partition coefficient (Wildman–Crippen LogP) is 1.43. The molecule has 0 aliphatic heterocycles. The highest BCUT2D eigenvalue weighted by molar-refractivity contribution is 6.10. The monoisotopic (exact) mass is 329 g/mol. The van der Waals surface area contributed by atoms with Gasteiger partial charge in [0, 0.05) is 13.5 Å². The number of nitrogens with zero attached hydrogens (tertiary/aromatic N) is 4. The van der Waals surface area contributed by atoms with E-state index in [1.54, 1.807) is 18.2 Å². The number of amides is 1.